The molecule has 196 valence electrons. The number of para-hydroxylation sites is 1. The molecule has 36 heavy (non-hydrogen) atoms. The van der Waals surface area contributed by atoms with Gasteiger partial charge in [0.15, 0.2) is 5.69 Å². The highest BCUT2D eigenvalue weighted by Gasteiger charge is 2.37. The van der Waals surface area contributed by atoms with Crippen LogP contribution in [0.2, 0.25) is 0 Å². The molecule has 2 amide bonds. The van der Waals surface area contributed by atoms with Crippen LogP contribution in [0.5, 0.6) is 0 Å². The minimum atomic E-state index is -1.11. The van der Waals surface area contributed by atoms with Crippen molar-refractivity contribution in [2.24, 2.45) is 11.8 Å². The third-order valence-electron chi connectivity index (χ3n) is 6.17. The number of amides is 2. The highest BCUT2D eigenvalue weighted by Crippen LogP contribution is 2.25. The van der Waals surface area contributed by atoms with Gasteiger partial charge in [0.05, 0.1) is 31.5 Å². The Morgan fingerprint density at radius 1 is 1.25 bits per heavy atom. The molecule has 0 aliphatic carbocycles. The minimum absolute atomic E-state index is 0.0875. The quantitative estimate of drug-likeness (QED) is 0.367. The Bertz CT molecular complexity index is 1060. The standard InChI is InChI=1S/C25H35N5O6/c1-17(2)12-29(20-11-19(15-31)13-28(14-20)25(33)34)24(32)23-22(16-36-10-9-35-4)30(27-26-23)21-8-6-5-7-18(21)3/h5-8,15,17,19-20H,9-14,16H2,1-4H3,(H,33,34)/t19-,20+/m1/s1. The number of aldehydes is 1. The molecule has 1 saturated heterocycles. The van der Waals surface area contributed by atoms with Crippen LogP contribution >= 0.6 is 0 Å². The Hall–Kier alpha value is -3.31. The van der Waals surface area contributed by atoms with E-state index in [2.05, 4.69) is 10.3 Å². The van der Waals surface area contributed by atoms with Crippen LogP contribution < -0.4 is 0 Å². The van der Waals surface area contributed by atoms with Crippen LogP contribution in [0.4, 0.5) is 4.79 Å². The lowest BCUT2D eigenvalue weighted by atomic mass is 9.93. The number of ether oxygens (including phenoxy) is 2. The van der Waals surface area contributed by atoms with Crippen LogP contribution in [0, 0.1) is 18.8 Å². The molecular formula is C25H35N5O6. The van der Waals surface area contributed by atoms with Crippen molar-refractivity contribution >= 4 is 18.3 Å². The van der Waals surface area contributed by atoms with Crippen LogP contribution in [0.25, 0.3) is 5.69 Å². The second-order valence-electron chi connectivity index (χ2n) is 9.45. The van der Waals surface area contributed by atoms with Crippen LogP contribution in [0.1, 0.15) is 42.0 Å². The number of carbonyl (C=O) groups excluding carboxylic acids is 2. The zero-order chi connectivity index (χ0) is 26.2. The highest BCUT2D eigenvalue weighted by atomic mass is 16.5. The summed E-state index contributed by atoms with van der Waals surface area (Å²) in [4.78, 5) is 40.1. The van der Waals surface area contributed by atoms with Gasteiger partial charge in [0.2, 0.25) is 0 Å². The van der Waals surface area contributed by atoms with Gasteiger partial charge in [-0.2, -0.15) is 0 Å². The van der Waals surface area contributed by atoms with Crippen LogP contribution in [0.15, 0.2) is 24.3 Å². The predicted molar refractivity (Wildman–Crippen MR) is 131 cm³/mol. The first-order chi connectivity index (χ1) is 17.3. The van der Waals surface area contributed by atoms with Gasteiger partial charge in [0, 0.05) is 32.7 Å². The first-order valence-electron chi connectivity index (χ1n) is 12.1. The smallest absolute Gasteiger partial charge is 0.407 e. The largest absolute Gasteiger partial charge is 0.465 e. The lowest BCUT2D eigenvalue weighted by molar-refractivity contribution is -0.113. The van der Waals surface area contributed by atoms with Crippen LogP contribution in [-0.2, 0) is 20.9 Å². The van der Waals surface area contributed by atoms with Crippen molar-refractivity contribution in [1.29, 1.82) is 0 Å². The molecule has 1 aliphatic heterocycles. The third-order valence-corrected chi connectivity index (χ3v) is 6.17. The SMILES string of the molecule is COCCOCc1c(C(=O)N(CC(C)C)[C@H]2C[C@@H](C=O)CN(C(=O)O)C2)nnn1-c1ccccc1C. The van der Waals surface area contributed by atoms with Gasteiger partial charge in [-0.3, -0.25) is 4.79 Å². The molecule has 1 fully saturated rings. The number of likely N-dealkylation sites (tertiary alicyclic amines) is 1. The summed E-state index contributed by atoms with van der Waals surface area (Å²) in [7, 11) is 1.58. The molecule has 0 spiro atoms. The number of aryl methyl sites for hydroxylation is 1. The van der Waals surface area contributed by atoms with Crippen molar-refractivity contribution in [2.45, 2.75) is 39.8 Å². The summed E-state index contributed by atoms with van der Waals surface area (Å²) >= 11 is 0. The average molecular weight is 502 g/mol. The number of methoxy groups -OCH3 is 1. The van der Waals surface area contributed by atoms with Gasteiger partial charge in [0.25, 0.3) is 5.91 Å². The molecule has 1 aromatic carbocycles. The lowest BCUT2D eigenvalue weighted by Crippen LogP contribution is -2.55. The average Bonchev–Trinajstić information content (AvgIpc) is 3.28. The molecule has 2 atom stereocenters. The summed E-state index contributed by atoms with van der Waals surface area (Å²) in [5.41, 5.74) is 2.38. The number of benzene rings is 1. The second-order valence-corrected chi connectivity index (χ2v) is 9.45. The Labute approximate surface area is 211 Å². The van der Waals surface area contributed by atoms with Gasteiger partial charge in [0.1, 0.15) is 12.0 Å². The molecule has 1 aliphatic rings. The van der Waals surface area contributed by atoms with Crippen molar-refractivity contribution in [3.8, 4) is 5.69 Å². The fourth-order valence-corrected chi connectivity index (χ4v) is 4.42. The summed E-state index contributed by atoms with van der Waals surface area (Å²) in [6, 6.07) is 7.17. The molecule has 0 radical (unpaired) electrons. The number of hydrogen-bond acceptors (Lipinski definition) is 7. The Kier molecular flexibility index (Phi) is 9.54. The Balaban J connectivity index is 2.00. The van der Waals surface area contributed by atoms with E-state index >= 15 is 0 Å². The Morgan fingerprint density at radius 2 is 2.00 bits per heavy atom. The van der Waals surface area contributed by atoms with Gasteiger partial charge in [-0.05, 0) is 30.9 Å². The monoisotopic (exact) mass is 501 g/mol. The summed E-state index contributed by atoms with van der Waals surface area (Å²) in [6.45, 7) is 7.35. The molecule has 1 N–H and O–H groups in total. The van der Waals surface area contributed by atoms with Gasteiger partial charge in [-0.15, -0.1) is 5.10 Å². The van der Waals surface area contributed by atoms with Crippen molar-refractivity contribution < 1.29 is 29.0 Å². The van der Waals surface area contributed by atoms with E-state index in [0.717, 1.165) is 17.5 Å². The molecule has 11 nitrogen and oxygen atoms in total. The second kappa shape index (κ2) is 12.6. The van der Waals surface area contributed by atoms with E-state index in [4.69, 9.17) is 9.47 Å². The van der Waals surface area contributed by atoms with E-state index in [-0.39, 0.29) is 37.2 Å². The topological polar surface area (TPSA) is 127 Å². The summed E-state index contributed by atoms with van der Waals surface area (Å²) in [6.07, 6.45) is 0.0438. The van der Waals surface area contributed by atoms with Gasteiger partial charge >= 0.3 is 6.09 Å². The number of aromatic nitrogens is 3. The van der Waals surface area contributed by atoms with Crippen molar-refractivity contribution in [1.82, 2.24) is 24.8 Å². The highest BCUT2D eigenvalue weighted by molar-refractivity contribution is 5.93. The van der Waals surface area contributed by atoms with Crippen molar-refractivity contribution in [3.05, 3.63) is 41.2 Å². The summed E-state index contributed by atoms with van der Waals surface area (Å²) in [5, 5.41) is 18.1. The zero-order valence-electron chi connectivity index (χ0n) is 21.3. The maximum Gasteiger partial charge on any atom is 0.407 e. The molecule has 3 rings (SSSR count). The van der Waals surface area contributed by atoms with E-state index in [1.807, 2.05) is 45.0 Å². The van der Waals surface area contributed by atoms with Crippen LogP contribution in [0.3, 0.4) is 0 Å². The van der Waals surface area contributed by atoms with Gasteiger partial charge < -0.3 is 29.2 Å². The number of carboxylic acid groups (broad SMARTS) is 1. The predicted octanol–water partition coefficient (Wildman–Crippen LogP) is 2.40. The Morgan fingerprint density at radius 3 is 2.64 bits per heavy atom. The molecular weight excluding hydrogens is 466 g/mol. The summed E-state index contributed by atoms with van der Waals surface area (Å²) < 4.78 is 12.4. The van der Waals surface area contributed by atoms with Crippen LogP contribution in [-0.4, -0.2) is 94.2 Å². The fourth-order valence-electron chi connectivity index (χ4n) is 4.42. The zero-order valence-corrected chi connectivity index (χ0v) is 21.3. The number of carbonyl (C=O) groups is 3. The van der Waals surface area contributed by atoms with Crippen molar-refractivity contribution in [2.75, 3.05) is 40.0 Å². The lowest BCUT2D eigenvalue weighted by Gasteiger charge is -2.40. The van der Waals surface area contributed by atoms with Crippen molar-refractivity contribution in [3.63, 3.8) is 0 Å². The van der Waals surface area contributed by atoms with Gasteiger partial charge in [-0.1, -0.05) is 37.3 Å². The molecule has 2 aromatic rings. The van der Waals surface area contributed by atoms with E-state index in [0.29, 0.717) is 31.9 Å². The van der Waals surface area contributed by atoms with E-state index in [1.54, 1.807) is 16.7 Å². The number of rotatable bonds is 11. The number of hydrogen-bond donors (Lipinski definition) is 1. The molecule has 0 bridgehead atoms. The normalized spacial score (nSPS) is 17.9. The first-order valence-corrected chi connectivity index (χ1v) is 12.1. The third kappa shape index (κ3) is 6.46. The number of nitrogens with zero attached hydrogens (tertiary/aromatic N) is 5. The van der Waals surface area contributed by atoms with E-state index in [1.165, 1.54) is 4.90 Å². The molecule has 0 unspecified atom stereocenters. The molecule has 2 heterocycles. The van der Waals surface area contributed by atoms with Gasteiger partial charge in [-0.25, -0.2) is 9.48 Å². The molecule has 1 aromatic heterocycles. The minimum Gasteiger partial charge on any atom is -0.465 e. The first kappa shape index (κ1) is 27.3. The maximum absolute atomic E-state index is 14.0. The fraction of sp³-hybridized carbons (Fsp3) is 0.560. The number of piperidine rings is 1. The van der Waals surface area contributed by atoms with E-state index < -0.39 is 18.1 Å². The molecule has 11 heteroatoms. The molecule has 0 saturated carbocycles. The van der Waals surface area contributed by atoms with E-state index in [9.17, 15) is 19.5 Å². The summed E-state index contributed by atoms with van der Waals surface area (Å²) in [5.74, 6) is -0.741. The maximum atomic E-state index is 14.0.